The average Bonchev–Trinajstić information content (AvgIpc) is 2.34. The molecule has 5 nitrogen and oxygen atoms in total. The van der Waals surface area contributed by atoms with Gasteiger partial charge in [-0.05, 0) is 46.2 Å². The zero-order chi connectivity index (χ0) is 16.3. The van der Waals surface area contributed by atoms with E-state index in [1.165, 1.54) is 12.1 Å². The molecule has 1 unspecified atom stereocenters. The fraction of sp³-hybridized carbons (Fsp3) is 0.533. The highest BCUT2D eigenvalue weighted by atomic mass is 32.2. The van der Waals surface area contributed by atoms with Crippen LogP contribution in [-0.2, 0) is 23.8 Å². The molecule has 1 rings (SSSR count). The van der Waals surface area contributed by atoms with Crippen LogP contribution in [0.15, 0.2) is 29.2 Å². The molecule has 0 N–H and O–H groups in total. The number of hydrogen-bond donors (Lipinski definition) is 0. The van der Waals surface area contributed by atoms with E-state index in [0.29, 0.717) is 0 Å². The third-order valence-corrected chi connectivity index (χ3v) is 3.93. The second kappa shape index (κ2) is 6.58. The number of aryl methyl sites for hydroxylation is 1. The highest BCUT2D eigenvalue weighted by Gasteiger charge is 2.30. The molecule has 0 aliphatic rings. The highest BCUT2D eigenvalue weighted by Crippen LogP contribution is 2.18. The van der Waals surface area contributed by atoms with Gasteiger partial charge in [0.1, 0.15) is 5.60 Å². The van der Waals surface area contributed by atoms with Crippen molar-refractivity contribution < 1.29 is 22.1 Å². The molecule has 0 bridgehead atoms. The SMILES string of the molecule is CCC(OS(=O)(=O)c1ccc(C)cc1)C(=O)OC(C)(C)C. The Balaban J connectivity index is 2.90. The average molecular weight is 314 g/mol. The third-order valence-electron chi connectivity index (χ3n) is 2.59. The van der Waals surface area contributed by atoms with Gasteiger partial charge in [0.2, 0.25) is 0 Å². The topological polar surface area (TPSA) is 69.7 Å². The number of hydrogen-bond acceptors (Lipinski definition) is 5. The van der Waals surface area contributed by atoms with Crippen molar-refractivity contribution in [3.63, 3.8) is 0 Å². The second-order valence-electron chi connectivity index (χ2n) is 5.79. The summed E-state index contributed by atoms with van der Waals surface area (Å²) in [5, 5.41) is 0. The van der Waals surface area contributed by atoms with E-state index < -0.39 is 27.8 Å². The summed E-state index contributed by atoms with van der Waals surface area (Å²) >= 11 is 0. The van der Waals surface area contributed by atoms with Crippen LogP contribution < -0.4 is 0 Å². The minimum atomic E-state index is -3.99. The Kier molecular flexibility index (Phi) is 5.53. The molecule has 21 heavy (non-hydrogen) atoms. The van der Waals surface area contributed by atoms with Crippen molar-refractivity contribution in [3.8, 4) is 0 Å². The van der Waals surface area contributed by atoms with Gasteiger partial charge in [-0.15, -0.1) is 0 Å². The van der Waals surface area contributed by atoms with Gasteiger partial charge in [-0.25, -0.2) is 4.79 Å². The molecular weight excluding hydrogens is 292 g/mol. The van der Waals surface area contributed by atoms with Crippen LogP contribution in [0, 0.1) is 6.92 Å². The Bertz CT molecular complexity index is 581. The monoisotopic (exact) mass is 314 g/mol. The Labute approximate surface area is 126 Å². The summed E-state index contributed by atoms with van der Waals surface area (Å²) in [4.78, 5) is 12.0. The van der Waals surface area contributed by atoms with Crippen molar-refractivity contribution in [2.75, 3.05) is 0 Å². The van der Waals surface area contributed by atoms with Gasteiger partial charge in [0, 0.05) is 0 Å². The van der Waals surface area contributed by atoms with E-state index in [2.05, 4.69) is 0 Å². The first-order chi connectivity index (χ1) is 9.55. The van der Waals surface area contributed by atoms with Crippen molar-refractivity contribution >= 4 is 16.1 Å². The van der Waals surface area contributed by atoms with E-state index in [4.69, 9.17) is 8.92 Å². The summed E-state index contributed by atoms with van der Waals surface area (Å²) in [5.41, 5.74) is 0.245. The third kappa shape index (κ3) is 5.47. The van der Waals surface area contributed by atoms with E-state index >= 15 is 0 Å². The summed E-state index contributed by atoms with van der Waals surface area (Å²) in [7, 11) is -3.99. The number of carbonyl (C=O) groups excluding carboxylic acids is 1. The lowest BCUT2D eigenvalue weighted by Crippen LogP contribution is -2.34. The molecule has 0 saturated heterocycles. The van der Waals surface area contributed by atoms with Crippen LogP contribution in [0.1, 0.15) is 39.7 Å². The van der Waals surface area contributed by atoms with Gasteiger partial charge >= 0.3 is 5.97 Å². The second-order valence-corrected chi connectivity index (χ2v) is 7.37. The van der Waals surface area contributed by atoms with Gasteiger partial charge in [0.15, 0.2) is 6.10 Å². The van der Waals surface area contributed by atoms with Crippen LogP contribution in [0.5, 0.6) is 0 Å². The maximum absolute atomic E-state index is 12.2. The molecule has 0 aliphatic heterocycles. The Morgan fingerprint density at radius 3 is 2.14 bits per heavy atom. The highest BCUT2D eigenvalue weighted by molar-refractivity contribution is 7.86. The standard InChI is InChI=1S/C15H22O5S/c1-6-13(14(16)19-15(3,4)5)20-21(17,18)12-9-7-11(2)8-10-12/h7-10,13H,6H2,1-5H3. The van der Waals surface area contributed by atoms with Gasteiger partial charge in [0.05, 0.1) is 4.90 Å². The van der Waals surface area contributed by atoms with Crippen molar-refractivity contribution in [2.45, 2.75) is 57.6 Å². The molecule has 1 atom stereocenters. The van der Waals surface area contributed by atoms with Gasteiger partial charge in [-0.1, -0.05) is 24.6 Å². The molecule has 0 amide bonds. The lowest BCUT2D eigenvalue weighted by molar-refractivity contribution is -0.163. The molecule has 1 aromatic rings. The van der Waals surface area contributed by atoms with Crippen LogP contribution in [0.2, 0.25) is 0 Å². The fourth-order valence-electron chi connectivity index (χ4n) is 1.55. The minimum absolute atomic E-state index is 0.0232. The number of carbonyl (C=O) groups is 1. The number of esters is 1. The van der Waals surface area contributed by atoms with E-state index in [9.17, 15) is 13.2 Å². The zero-order valence-corrected chi connectivity index (χ0v) is 13.9. The van der Waals surface area contributed by atoms with Crippen molar-refractivity contribution in [1.29, 1.82) is 0 Å². The molecule has 0 spiro atoms. The van der Waals surface area contributed by atoms with E-state index in [-0.39, 0.29) is 11.3 Å². The molecule has 0 radical (unpaired) electrons. The molecule has 0 fully saturated rings. The van der Waals surface area contributed by atoms with Crippen LogP contribution in [0.4, 0.5) is 0 Å². The van der Waals surface area contributed by atoms with Crippen molar-refractivity contribution in [3.05, 3.63) is 29.8 Å². The first-order valence-electron chi connectivity index (χ1n) is 6.78. The molecule has 0 aliphatic carbocycles. The summed E-state index contributed by atoms with van der Waals surface area (Å²) < 4.78 is 34.5. The predicted molar refractivity (Wildman–Crippen MR) is 79.4 cm³/mol. The first kappa shape index (κ1) is 17.7. The minimum Gasteiger partial charge on any atom is -0.458 e. The maximum atomic E-state index is 12.2. The van der Waals surface area contributed by atoms with Crippen LogP contribution in [0.25, 0.3) is 0 Å². The van der Waals surface area contributed by atoms with Gasteiger partial charge < -0.3 is 4.74 Å². The number of benzene rings is 1. The molecule has 0 aromatic heterocycles. The summed E-state index contributed by atoms with van der Waals surface area (Å²) in [6.45, 7) is 8.66. The van der Waals surface area contributed by atoms with Crippen molar-refractivity contribution in [1.82, 2.24) is 0 Å². The number of ether oxygens (including phenoxy) is 1. The molecule has 0 heterocycles. The lowest BCUT2D eigenvalue weighted by Gasteiger charge is -2.23. The zero-order valence-electron chi connectivity index (χ0n) is 13.0. The summed E-state index contributed by atoms with van der Waals surface area (Å²) in [5.74, 6) is -0.680. The normalized spacial score (nSPS) is 13.8. The van der Waals surface area contributed by atoms with Crippen molar-refractivity contribution in [2.24, 2.45) is 0 Å². The quantitative estimate of drug-likeness (QED) is 0.617. The first-order valence-corrected chi connectivity index (χ1v) is 8.19. The summed E-state index contributed by atoms with van der Waals surface area (Å²) in [6.07, 6.45) is -0.935. The van der Waals surface area contributed by atoms with Crippen LogP contribution in [0.3, 0.4) is 0 Å². The van der Waals surface area contributed by atoms with E-state index in [0.717, 1.165) is 5.56 Å². The molecular formula is C15H22O5S. The number of rotatable bonds is 5. The molecule has 118 valence electrons. The Morgan fingerprint density at radius 2 is 1.71 bits per heavy atom. The van der Waals surface area contributed by atoms with Crippen LogP contribution in [-0.4, -0.2) is 26.1 Å². The van der Waals surface area contributed by atoms with Gasteiger partial charge in [-0.2, -0.15) is 8.42 Å². The molecule has 6 heteroatoms. The smallest absolute Gasteiger partial charge is 0.337 e. The maximum Gasteiger partial charge on any atom is 0.337 e. The van der Waals surface area contributed by atoms with Crippen LogP contribution >= 0.6 is 0 Å². The fourth-order valence-corrected chi connectivity index (χ4v) is 2.66. The Morgan fingerprint density at radius 1 is 1.19 bits per heavy atom. The predicted octanol–water partition coefficient (Wildman–Crippen LogP) is 2.82. The van der Waals surface area contributed by atoms with E-state index in [1.807, 2.05) is 6.92 Å². The van der Waals surface area contributed by atoms with Gasteiger partial charge in [0.25, 0.3) is 10.1 Å². The molecule has 0 saturated carbocycles. The lowest BCUT2D eigenvalue weighted by atomic mass is 10.2. The largest absolute Gasteiger partial charge is 0.458 e. The molecule has 1 aromatic carbocycles. The summed E-state index contributed by atoms with van der Waals surface area (Å²) in [6, 6.07) is 6.24. The van der Waals surface area contributed by atoms with E-state index in [1.54, 1.807) is 39.8 Å². The van der Waals surface area contributed by atoms with Gasteiger partial charge in [-0.3, -0.25) is 4.18 Å². The Hall–Kier alpha value is -1.40.